The summed E-state index contributed by atoms with van der Waals surface area (Å²) in [5.41, 5.74) is 3.45. The van der Waals surface area contributed by atoms with Crippen LogP contribution in [0.3, 0.4) is 0 Å². The van der Waals surface area contributed by atoms with E-state index in [2.05, 4.69) is 20.5 Å². The largest absolute Gasteiger partial charge is 0.362 e. The Bertz CT molecular complexity index is 813. The molecule has 0 bridgehead atoms. The van der Waals surface area contributed by atoms with E-state index >= 15 is 0 Å². The molecular formula is C15H13N5OS. The number of amides is 1. The number of nitrogens with one attached hydrogen (secondary N) is 1. The molecule has 3 heterocycles. The number of hydrogen-bond acceptors (Lipinski definition) is 6. The van der Waals surface area contributed by atoms with E-state index in [0.29, 0.717) is 13.1 Å². The standard InChI is InChI=1S/C15H13N5OS/c21-15(10-3-4-12-13(6-10)22-9-16-12)20-7-11(8-20)18-14-2-1-5-17-19-14/h1-6,9,11H,7-8H2,(H,18,19). The van der Waals surface area contributed by atoms with Gasteiger partial charge in [-0.1, -0.05) is 0 Å². The van der Waals surface area contributed by atoms with Gasteiger partial charge in [0.05, 0.1) is 21.8 Å². The number of nitrogens with zero attached hydrogens (tertiary/aromatic N) is 4. The number of anilines is 1. The molecule has 22 heavy (non-hydrogen) atoms. The summed E-state index contributed by atoms with van der Waals surface area (Å²) < 4.78 is 1.04. The van der Waals surface area contributed by atoms with Gasteiger partial charge in [-0.3, -0.25) is 4.79 Å². The molecule has 1 amide bonds. The number of likely N-dealkylation sites (tertiary alicyclic amines) is 1. The molecule has 1 saturated heterocycles. The summed E-state index contributed by atoms with van der Waals surface area (Å²) in [7, 11) is 0. The van der Waals surface area contributed by atoms with Gasteiger partial charge < -0.3 is 10.2 Å². The molecule has 4 rings (SSSR count). The summed E-state index contributed by atoms with van der Waals surface area (Å²) in [6.45, 7) is 1.35. The van der Waals surface area contributed by atoms with E-state index in [1.165, 1.54) is 0 Å². The molecule has 0 aliphatic carbocycles. The zero-order chi connectivity index (χ0) is 14.9. The van der Waals surface area contributed by atoms with Gasteiger partial charge in [-0.2, -0.15) is 5.10 Å². The highest BCUT2D eigenvalue weighted by Crippen LogP contribution is 2.22. The van der Waals surface area contributed by atoms with E-state index in [1.807, 2.05) is 35.2 Å². The van der Waals surface area contributed by atoms with Crippen LogP contribution in [0.2, 0.25) is 0 Å². The second-order valence-corrected chi connectivity index (χ2v) is 6.08. The van der Waals surface area contributed by atoms with E-state index in [4.69, 9.17) is 0 Å². The molecular weight excluding hydrogens is 298 g/mol. The molecule has 0 unspecified atom stereocenters. The fraction of sp³-hybridized carbons (Fsp3) is 0.200. The highest BCUT2D eigenvalue weighted by Gasteiger charge is 2.31. The molecule has 0 radical (unpaired) electrons. The minimum Gasteiger partial charge on any atom is -0.362 e. The maximum absolute atomic E-state index is 12.4. The summed E-state index contributed by atoms with van der Waals surface area (Å²) >= 11 is 1.55. The summed E-state index contributed by atoms with van der Waals surface area (Å²) in [6.07, 6.45) is 1.64. The van der Waals surface area contributed by atoms with E-state index in [1.54, 1.807) is 23.0 Å². The maximum Gasteiger partial charge on any atom is 0.254 e. The minimum absolute atomic E-state index is 0.0625. The van der Waals surface area contributed by atoms with Crippen LogP contribution in [0.1, 0.15) is 10.4 Å². The first-order valence-electron chi connectivity index (χ1n) is 6.96. The number of hydrogen-bond donors (Lipinski definition) is 1. The monoisotopic (exact) mass is 311 g/mol. The van der Waals surface area contributed by atoms with Crippen molar-refractivity contribution in [2.45, 2.75) is 6.04 Å². The Morgan fingerprint density at radius 1 is 1.32 bits per heavy atom. The van der Waals surface area contributed by atoms with Gasteiger partial charge in [0, 0.05) is 24.8 Å². The molecule has 1 N–H and O–H groups in total. The van der Waals surface area contributed by atoms with Gasteiger partial charge in [0.1, 0.15) is 5.82 Å². The molecule has 1 aliphatic heterocycles. The van der Waals surface area contributed by atoms with Crippen LogP contribution in [-0.4, -0.2) is 45.1 Å². The van der Waals surface area contributed by atoms with E-state index in [-0.39, 0.29) is 11.9 Å². The molecule has 6 nitrogen and oxygen atoms in total. The summed E-state index contributed by atoms with van der Waals surface area (Å²) in [6, 6.07) is 9.59. The average Bonchev–Trinajstić information content (AvgIpc) is 2.98. The zero-order valence-corrected chi connectivity index (χ0v) is 12.5. The number of benzene rings is 1. The van der Waals surface area contributed by atoms with Crippen LogP contribution in [0, 0.1) is 0 Å². The Morgan fingerprint density at radius 3 is 3.05 bits per heavy atom. The SMILES string of the molecule is O=C(c1ccc2ncsc2c1)N1CC(Nc2cccnn2)C1. The normalized spacial score (nSPS) is 14.8. The highest BCUT2D eigenvalue weighted by molar-refractivity contribution is 7.16. The van der Waals surface area contributed by atoms with Crippen LogP contribution in [0.15, 0.2) is 42.0 Å². The lowest BCUT2D eigenvalue weighted by molar-refractivity contribution is 0.0625. The Morgan fingerprint density at radius 2 is 2.23 bits per heavy atom. The van der Waals surface area contributed by atoms with Crippen LogP contribution in [0.5, 0.6) is 0 Å². The van der Waals surface area contributed by atoms with E-state index in [0.717, 1.165) is 21.6 Å². The first-order valence-corrected chi connectivity index (χ1v) is 7.84. The lowest BCUT2D eigenvalue weighted by Crippen LogP contribution is -2.57. The Kier molecular flexibility index (Phi) is 3.19. The lowest BCUT2D eigenvalue weighted by Gasteiger charge is -2.39. The number of thiazole rings is 1. The molecule has 110 valence electrons. The third kappa shape index (κ3) is 2.39. The number of carbonyl (C=O) groups excluding carboxylic acids is 1. The van der Waals surface area contributed by atoms with E-state index in [9.17, 15) is 4.79 Å². The van der Waals surface area contributed by atoms with Crippen molar-refractivity contribution in [3.05, 3.63) is 47.6 Å². The second-order valence-electron chi connectivity index (χ2n) is 5.20. The van der Waals surface area contributed by atoms with E-state index < -0.39 is 0 Å². The van der Waals surface area contributed by atoms with Gasteiger partial charge in [-0.25, -0.2) is 4.98 Å². The molecule has 2 aromatic heterocycles. The minimum atomic E-state index is 0.0625. The lowest BCUT2D eigenvalue weighted by atomic mass is 10.1. The van der Waals surface area contributed by atoms with Crippen molar-refractivity contribution in [2.24, 2.45) is 0 Å². The first kappa shape index (κ1) is 13.1. The number of fused-ring (bicyclic) bond motifs is 1. The molecule has 0 saturated carbocycles. The fourth-order valence-electron chi connectivity index (χ4n) is 2.49. The Labute approximate surface area is 130 Å². The first-order chi connectivity index (χ1) is 10.8. The second kappa shape index (κ2) is 5.34. The van der Waals surface area contributed by atoms with Crippen molar-refractivity contribution in [1.29, 1.82) is 0 Å². The molecule has 1 aromatic carbocycles. The fourth-order valence-corrected chi connectivity index (χ4v) is 3.21. The van der Waals surface area contributed by atoms with Gasteiger partial charge in [-0.05, 0) is 30.3 Å². The molecule has 7 heteroatoms. The van der Waals surface area contributed by atoms with Gasteiger partial charge in [-0.15, -0.1) is 16.4 Å². The predicted octanol–water partition coefficient (Wildman–Crippen LogP) is 2.02. The zero-order valence-electron chi connectivity index (χ0n) is 11.6. The molecule has 1 fully saturated rings. The summed E-state index contributed by atoms with van der Waals surface area (Å²) in [5, 5.41) is 11.1. The van der Waals surface area contributed by atoms with Crippen LogP contribution in [0.25, 0.3) is 10.2 Å². The molecule has 3 aromatic rings. The van der Waals surface area contributed by atoms with Gasteiger partial charge in [0.2, 0.25) is 0 Å². The third-order valence-electron chi connectivity index (χ3n) is 3.67. The van der Waals surface area contributed by atoms with Crippen molar-refractivity contribution in [3.8, 4) is 0 Å². The number of rotatable bonds is 3. The third-order valence-corrected chi connectivity index (χ3v) is 4.46. The van der Waals surface area contributed by atoms with Gasteiger partial charge in [0.25, 0.3) is 5.91 Å². The smallest absolute Gasteiger partial charge is 0.254 e. The van der Waals surface area contributed by atoms with Crippen molar-refractivity contribution >= 4 is 33.3 Å². The predicted molar refractivity (Wildman–Crippen MR) is 85.0 cm³/mol. The number of aromatic nitrogens is 3. The Balaban J connectivity index is 1.40. The van der Waals surface area contributed by atoms with Crippen LogP contribution in [-0.2, 0) is 0 Å². The van der Waals surface area contributed by atoms with Crippen molar-refractivity contribution in [1.82, 2.24) is 20.1 Å². The molecule has 0 atom stereocenters. The quantitative estimate of drug-likeness (QED) is 0.801. The highest BCUT2D eigenvalue weighted by atomic mass is 32.1. The van der Waals surface area contributed by atoms with Crippen LogP contribution >= 0.6 is 11.3 Å². The topological polar surface area (TPSA) is 71.0 Å². The Hall–Kier alpha value is -2.54. The van der Waals surface area contributed by atoms with Crippen molar-refractivity contribution < 1.29 is 4.79 Å². The average molecular weight is 311 g/mol. The van der Waals surface area contributed by atoms with Crippen molar-refractivity contribution in [3.63, 3.8) is 0 Å². The van der Waals surface area contributed by atoms with Gasteiger partial charge in [0.15, 0.2) is 0 Å². The van der Waals surface area contributed by atoms with Crippen molar-refractivity contribution in [2.75, 3.05) is 18.4 Å². The maximum atomic E-state index is 12.4. The van der Waals surface area contributed by atoms with Crippen LogP contribution in [0.4, 0.5) is 5.82 Å². The summed E-state index contributed by atoms with van der Waals surface area (Å²) in [5.74, 6) is 0.804. The number of carbonyl (C=O) groups is 1. The molecule has 1 aliphatic rings. The molecule has 0 spiro atoms. The summed E-state index contributed by atoms with van der Waals surface area (Å²) in [4.78, 5) is 18.5. The van der Waals surface area contributed by atoms with Crippen LogP contribution < -0.4 is 5.32 Å². The van der Waals surface area contributed by atoms with Gasteiger partial charge >= 0.3 is 0 Å².